The Hall–Kier alpha value is 0.0795. The van der Waals surface area contributed by atoms with Gasteiger partial charge in [0.25, 0.3) is 0 Å². The van der Waals surface area contributed by atoms with Crippen molar-refractivity contribution in [3.8, 4) is 0 Å². The summed E-state index contributed by atoms with van der Waals surface area (Å²) in [5, 5.41) is 3.33. The maximum atomic E-state index is 2.36. The maximum absolute atomic E-state index is 2.36. The van der Waals surface area contributed by atoms with Crippen LogP contribution in [0.25, 0.3) is 0 Å². The van der Waals surface area contributed by atoms with Crippen molar-refractivity contribution in [2.45, 2.75) is 102 Å². The summed E-state index contributed by atoms with van der Waals surface area (Å²) in [4.78, 5) is 0. The molecule has 2 aromatic carbocycles. The van der Waals surface area contributed by atoms with Crippen molar-refractivity contribution in [2.24, 2.45) is 0 Å². The SMILES string of the molecule is CC[C@H]1CC[C@H](CC)P1[c-]1cccc1.CC[C@H]1CC[C@H](CC)P1[c-]1cccc1.[Fe+2]. The van der Waals surface area contributed by atoms with E-state index in [1.165, 1.54) is 51.4 Å². The van der Waals surface area contributed by atoms with Crippen LogP contribution >= 0.6 is 15.8 Å². The van der Waals surface area contributed by atoms with Crippen molar-refractivity contribution in [3.05, 3.63) is 48.5 Å². The topological polar surface area (TPSA) is 0 Å². The molecule has 29 heavy (non-hydrogen) atoms. The van der Waals surface area contributed by atoms with Gasteiger partial charge in [0.15, 0.2) is 0 Å². The second kappa shape index (κ2) is 12.8. The van der Waals surface area contributed by atoms with Crippen molar-refractivity contribution in [3.63, 3.8) is 0 Å². The van der Waals surface area contributed by atoms with Gasteiger partial charge in [0, 0.05) is 0 Å². The molecule has 0 aliphatic carbocycles. The summed E-state index contributed by atoms with van der Waals surface area (Å²) in [6.07, 6.45) is 11.4. The quantitative estimate of drug-likeness (QED) is 0.230. The Bertz CT molecular complexity index is 566. The smallest absolute Gasteiger partial charge is 0.213 e. The van der Waals surface area contributed by atoms with Gasteiger partial charge in [0.1, 0.15) is 0 Å². The van der Waals surface area contributed by atoms with Crippen LogP contribution in [0.15, 0.2) is 48.5 Å². The molecule has 0 nitrogen and oxygen atoms in total. The molecule has 0 bridgehead atoms. The number of rotatable bonds is 6. The minimum absolute atomic E-state index is 0. The van der Waals surface area contributed by atoms with E-state index < -0.39 is 0 Å². The molecule has 0 spiro atoms. The van der Waals surface area contributed by atoms with Crippen molar-refractivity contribution in [2.75, 3.05) is 0 Å². The average Bonchev–Trinajstić information content (AvgIpc) is 3.52. The van der Waals surface area contributed by atoms with E-state index in [9.17, 15) is 0 Å². The van der Waals surface area contributed by atoms with Crippen LogP contribution in [0.3, 0.4) is 0 Å². The first-order valence-electron chi connectivity index (χ1n) is 11.7. The normalized spacial score (nSPS) is 27.4. The molecule has 0 aromatic heterocycles. The predicted octanol–water partition coefficient (Wildman–Crippen LogP) is 7.72. The number of hydrogen-bond donors (Lipinski definition) is 0. The zero-order valence-electron chi connectivity index (χ0n) is 18.8. The molecule has 0 saturated carbocycles. The summed E-state index contributed by atoms with van der Waals surface area (Å²) in [5.74, 6) is 0. The van der Waals surface area contributed by atoms with Gasteiger partial charge in [-0.25, -0.2) is 24.3 Å². The first-order chi connectivity index (χ1) is 13.7. The van der Waals surface area contributed by atoms with Crippen LogP contribution < -0.4 is 10.6 Å². The van der Waals surface area contributed by atoms with Crippen LogP contribution in [0.2, 0.25) is 0 Å². The van der Waals surface area contributed by atoms with E-state index in [4.69, 9.17) is 0 Å². The molecule has 0 unspecified atom stereocenters. The van der Waals surface area contributed by atoms with Crippen molar-refractivity contribution in [1.29, 1.82) is 0 Å². The monoisotopic (exact) mass is 470 g/mol. The fraction of sp³-hybridized carbons (Fsp3) is 0.615. The fourth-order valence-electron chi connectivity index (χ4n) is 5.44. The summed E-state index contributed by atoms with van der Waals surface area (Å²) in [6, 6.07) is 18.2. The van der Waals surface area contributed by atoms with E-state index in [0.717, 1.165) is 22.6 Å². The fourth-order valence-corrected chi connectivity index (χ4v) is 12.6. The first-order valence-corrected chi connectivity index (χ1v) is 14.7. The van der Waals surface area contributed by atoms with Gasteiger partial charge in [-0.1, -0.05) is 27.7 Å². The summed E-state index contributed by atoms with van der Waals surface area (Å²) < 4.78 is 0. The minimum atomic E-state index is 0. The van der Waals surface area contributed by atoms with E-state index in [1.807, 2.05) is 0 Å². The van der Waals surface area contributed by atoms with E-state index >= 15 is 0 Å². The second-order valence-electron chi connectivity index (χ2n) is 8.50. The Kier molecular flexibility index (Phi) is 11.2. The average molecular weight is 470 g/mol. The van der Waals surface area contributed by atoms with E-state index in [0.29, 0.717) is 0 Å². The van der Waals surface area contributed by atoms with Crippen LogP contribution in [0, 0.1) is 0 Å². The molecule has 2 saturated heterocycles. The minimum Gasteiger partial charge on any atom is -0.213 e. The summed E-state index contributed by atoms with van der Waals surface area (Å²) in [7, 11) is 0.340. The summed E-state index contributed by atoms with van der Waals surface area (Å²) in [6.45, 7) is 9.45. The third kappa shape index (κ3) is 6.07. The van der Waals surface area contributed by atoms with Crippen LogP contribution in [-0.2, 0) is 17.1 Å². The van der Waals surface area contributed by atoms with Crippen LogP contribution in [0.1, 0.15) is 79.1 Å². The molecule has 162 valence electrons. The Morgan fingerprint density at radius 2 is 0.793 bits per heavy atom. The molecule has 2 fully saturated rings. The van der Waals surface area contributed by atoms with Gasteiger partial charge in [-0.05, 0) is 74.0 Å². The molecular formula is C26H40FeP2. The molecule has 3 heteroatoms. The second-order valence-corrected chi connectivity index (χ2v) is 14.1. The van der Waals surface area contributed by atoms with E-state index in [1.54, 1.807) is 10.6 Å². The molecule has 4 rings (SSSR count). The van der Waals surface area contributed by atoms with Gasteiger partial charge in [-0.15, -0.1) is 26.5 Å². The van der Waals surface area contributed by atoms with Crippen LogP contribution in [0.5, 0.6) is 0 Å². The number of hydrogen-bond acceptors (Lipinski definition) is 0. The molecule has 2 aliphatic rings. The molecule has 2 aliphatic heterocycles. The van der Waals surface area contributed by atoms with Crippen LogP contribution in [-0.4, -0.2) is 22.6 Å². The van der Waals surface area contributed by atoms with Crippen molar-refractivity contribution < 1.29 is 17.1 Å². The maximum Gasteiger partial charge on any atom is 2.00 e. The summed E-state index contributed by atoms with van der Waals surface area (Å²) >= 11 is 0. The molecule has 2 heterocycles. The Morgan fingerprint density at radius 3 is 1.00 bits per heavy atom. The van der Waals surface area contributed by atoms with Gasteiger partial charge in [0.05, 0.1) is 0 Å². The van der Waals surface area contributed by atoms with E-state index in [2.05, 4.69) is 76.2 Å². The van der Waals surface area contributed by atoms with Gasteiger partial charge in [-0.2, -0.15) is 24.3 Å². The standard InChI is InChI=1S/2C13H20P.Fe/c2*1-3-11-9-10-12(4-2)14(11)13-7-5-6-8-13;/h2*5-8,11-12H,3-4,9-10H2,1-2H3;/q2*-1;+2/t2*11-,12-;/m00./s1. The van der Waals surface area contributed by atoms with Crippen molar-refractivity contribution in [1.82, 2.24) is 0 Å². The Labute approximate surface area is 193 Å². The molecule has 2 aromatic rings. The van der Waals surface area contributed by atoms with Crippen LogP contribution in [0.4, 0.5) is 0 Å². The molecule has 0 N–H and O–H groups in total. The molecule has 0 amide bonds. The largest absolute Gasteiger partial charge is 2.00 e. The third-order valence-corrected chi connectivity index (χ3v) is 14.4. The zero-order valence-corrected chi connectivity index (χ0v) is 21.7. The summed E-state index contributed by atoms with van der Waals surface area (Å²) in [5.41, 5.74) is 4.05. The van der Waals surface area contributed by atoms with Crippen molar-refractivity contribution >= 4 is 26.5 Å². The van der Waals surface area contributed by atoms with E-state index in [-0.39, 0.29) is 32.9 Å². The molecule has 4 atom stereocenters. The predicted molar refractivity (Wildman–Crippen MR) is 132 cm³/mol. The van der Waals surface area contributed by atoms with Gasteiger partial charge < -0.3 is 0 Å². The molecular weight excluding hydrogens is 430 g/mol. The Balaban J connectivity index is 0.000000200. The zero-order chi connectivity index (χ0) is 19.9. The van der Waals surface area contributed by atoms with Gasteiger partial charge in [0.2, 0.25) is 0 Å². The van der Waals surface area contributed by atoms with Gasteiger partial charge >= 0.3 is 17.1 Å². The molecule has 0 radical (unpaired) electrons. The Morgan fingerprint density at radius 1 is 0.552 bits per heavy atom. The first kappa shape index (κ1) is 25.3. The van der Waals surface area contributed by atoms with Gasteiger partial charge in [-0.3, -0.25) is 0 Å². The third-order valence-electron chi connectivity index (χ3n) is 7.01.